The minimum Gasteiger partial charge on any atom is -0.485 e. The van der Waals surface area contributed by atoms with Crippen LogP contribution in [0.4, 0.5) is 10.8 Å². The van der Waals surface area contributed by atoms with Crippen LogP contribution >= 0.6 is 11.3 Å². The second-order valence-corrected chi connectivity index (χ2v) is 7.01. The van der Waals surface area contributed by atoms with E-state index in [0.29, 0.717) is 16.6 Å². The summed E-state index contributed by atoms with van der Waals surface area (Å²) in [5, 5.41) is 7.83. The van der Waals surface area contributed by atoms with Crippen molar-refractivity contribution in [1.82, 2.24) is 4.98 Å². The third kappa shape index (κ3) is 3.96. The van der Waals surface area contributed by atoms with Gasteiger partial charge >= 0.3 is 0 Å². The monoisotopic (exact) mass is 395 g/mol. The first-order valence-electron chi connectivity index (χ1n) is 8.61. The molecule has 1 aliphatic rings. The number of ether oxygens (including phenoxy) is 2. The number of benzene rings is 2. The highest BCUT2D eigenvalue weighted by molar-refractivity contribution is 7.14. The number of amides is 2. The summed E-state index contributed by atoms with van der Waals surface area (Å²) < 4.78 is 11.3. The van der Waals surface area contributed by atoms with Crippen molar-refractivity contribution >= 4 is 34.0 Å². The number of hydrogen-bond acceptors (Lipinski definition) is 6. The summed E-state index contributed by atoms with van der Waals surface area (Å²) in [5.41, 5.74) is 2.34. The minimum atomic E-state index is -0.737. The topological polar surface area (TPSA) is 89.6 Å². The lowest BCUT2D eigenvalue weighted by Gasteiger charge is -2.25. The fourth-order valence-electron chi connectivity index (χ4n) is 2.73. The van der Waals surface area contributed by atoms with Gasteiger partial charge in [-0.3, -0.25) is 14.9 Å². The highest BCUT2D eigenvalue weighted by atomic mass is 32.1. The molecule has 142 valence electrons. The van der Waals surface area contributed by atoms with Crippen LogP contribution in [0.5, 0.6) is 11.5 Å². The Morgan fingerprint density at radius 2 is 1.82 bits per heavy atom. The van der Waals surface area contributed by atoms with Crippen LogP contribution in [0, 0.1) is 0 Å². The molecule has 0 unspecified atom stereocenters. The zero-order valence-electron chi connectivity index (χ0n) is 15.0. The Morgan fingerprint density at radius 1 is 1.07 bits per heavy atom. The molecule has 1 aromatic heterocycles. The van der Waals surface area contributed by atoms with Crippen molar-refractivity contribution in [2.45, 2.75) is 13.0 Å². The molecule has 0 spiro atoms. The molecule has 2 aromatic carbocycles. The van der Waals surface area contributed by atoms with Crippen molar-refractivity contribution in [1.29, 1.82) is 0 Å². The van der Waals surface area contributed by atoms with Crippen molar-refractivity contribution in [3.63, 3.8) is 0 Å². The van der Waals surface area contributed by atoms with Gasteiger partial charge in [0, 0.05) is 23.6 Å². The van der Waals surface area contributed by atoms with E-state index in [4.69, 9.17) is 9.47 Å². The summed E-state index contributed by atoms with van der Waals surface area (Å²) in [6, 6.07) is 14.6. The molecular formula is C20H17N3O4S. The Labute approximate surface area is 165 Å². The van der Waals surface area contributed by atoms with Crippen LogP contribution in [0.15, 0.2) is 53.9 Å². The second-order valence-electron chi connectivity index (χ2n) is 6.15. The summed E-state index contributed by atoms with van der Waals surface area (Å²) in [6.45, 7) is 1.61. The minimum absolute atomic E-state index is 0.122. The summed E-state index contributed by atoms with van der Waals surface area (Å²) in [6.07, 6.45) is -0.737. The quantitative estimate of drug-likeness (QED) is 0.705. The fourth-order valence-corrected chi connectivity index (χ4v) is 3.45. The van der Waals surface area contributed by atoms with E-state index in [1.165, 1.54) is 18.3 Å². The first-order chi connectivity index (χ1) is 13.6. The second kappa shape index (κ2) is 7.69. The summed E-state index contributed by atoms with van der Waals surface area (Å²) in [4.78, 5) is 28.0. The number of rotatable bonds is 4. The molecular weight excluding hydrogens is 378 g/mol. The standard InChI is InChI=1S/C20H17N3O4S/c1-12(24)21-14-8-6-13(7-9-14)15-11-28-20(22-15)23-19(25)18-10-26-16-4-2-3-5-17(16)27-18/h2-9,11,18H,10H2,1H3,(H,21,24)(H,22,23,25)/t18-/m1/s1. The summed E-state index contributed by atoms with van der Waals surface area (Å²) in [5.74, 6) is 0.748. The first kappa shape index (κ1) is 18.0. The Hall–Kier alpha value is -3.39. The van der Waals surface area contributed by atoms with Crippen LogP contribution in [-0.4, -0.2) is 29.5 Å². The van der Waals surface area contributed by atoms with Gasteiger partial charge in [0.05, 0.1) is 5.69 Å². The molecule has 3 aromatic rings. The van der Waals surface area contributed by atoms with Crippen molar-refractivity contribution in [3.05, 3.63) is 53.9 Å². The molecule has 0 saturated heterocycles. The highest BCUT2D eigenvalue weighted by Gasteiger charge is 2.27. The zero-order valence-corrected chi connectivity index (χ0v) is 15.8. The van der Waals surface area contributed by atoms with Crippen LogP contribution in [0.25, 0.3) is 11.3 Å². The molecule has 2 N–H and O–H groups in total. The average molecular weight is 395 g/mol. The molecule has 1 atom stereocenters. The highest BCUT2D eigenvalue weighted by Crippen LogP contribution is 2.31. The zero-order chi connectivity index (χ0) is 19.5. The van der Waals surface area contributed by atoms with Gasteiger partial charge in [-0.05, 0) is 24.3 Å². The number of aromatic nitrogens is 1. The Balaban J connectivity index is 1.41. The molecule has 28 heavy (non-hydrogen) atoms. The van der Waals surface area contributed by atoms with Crippen LogP contribution in [0.2, 0.25) is 0 Å². The number of nitrogens with zero attached hydrogens (tertiary/aromatic N) is 1. The molecule has 0 radical (unpaired) electrons. The van der Waals surface area contributed by atoms with Crippen LogP contribution in [-0.2, 0) is 9.59 Å². The number of anilines is 2. The largest absolute Gasteiger partial charge is 0.485 e. The number of fused-ring (bicyclic) bond motifs is 1. The first-order valence-corrected chi connectivity index (χ1v) is 9.49. The number of nitrogens with one attached hydrogen (secondary N) is 2. The van der Waals surface area contributed by atoms with Crippen molar-refractivity contribution in [2.75, 3.05) is 17.2 Å². The average Bonchev–Trinajstić information content (AvgIpc) is 3.16. The molecule has 4 rings (SSSR count). The number of para-hydroxylation sites is 2. The molecule has 0 saturated carbocycles. The van der Waals surface area contributed by atoms with Gasteiger partial charge in [0.1, 0.15) is 6.61 Å². The van der Waals surface area contributed by atoms with Gasteiger partial charge < -0.3 is 14.8 Å². The number of carbonyl (C=O) groups excluding carboxylic acids is 2. The number of hydrogen-bond donors (Lipinski definition) is 2. The third-order valence-electron chi connectivity index (χ3n) is 4.04. The van der Waals surface area contributed by atoms with Gasteiger partial charge in [0.25, 0.3) is 5.91 Å². The summed E-state index contributed by atoms with van der Waals surface area (Å²) >= 11 is 1.33. The molecule has 2 heterocycles. The molecule has 0 bridgehead atoms. The van der Waals surface area contributed by atoms with Gasteiger partial charge in [0.15, 0.2) is 16.6 Å². The van der Waals surface area contributed by atoms with Crippen LogP contribution in [0.3, 0.4) is 0 Å². The molecule has 8 heteroatoms. The van der Waals surface area contributed by atoms with E-state index < -0.39 is 6.10 Å². The predicted molar refractivity (Wildman–Crippen MR) is 107 cm³/mol. The molecule has 0 aliphatic carbocycles. The van der Waals surface area contributed by atoms with Gasteiger partial charge in [-0.15, -0.1) is 11.3 Å². The molecule has 7 nitrogen and oxygen atoms in total. The maximum absolute atomic E-state index is 12.5. The smallest absolute Gasteiger partial charge is 0.270 e. The Bertz CT molecular complexity index is 1020. The van der Waals surface area contributed by atoms with Gasteiger partial charge in [-0.25, -0.2) is 4.98 Å². The van der Waals surface area contributed by atoms with Gasteiger partial charge in [-0.2, -0.15) is 0 Å². The van der Waals surface area contributed by atoms with Crippen molar-refractivity contribution in [3.8, 4) is 22.8 Å². The van der Waals surface area contributed by atoms with E-state index in [2.05, 4.69) is 15.6 Å². The SMILES string of the molecule is CC(=O)Nc1ccc(-c2csc(NC(=O)[C@H]3COc4ccccc4O3)n2)cc1. The third-order valence-corrected chi connectivity index (χ3v) is 4.79. The van der Waals surface area contributed by atoms with E-state index in [9.17, 15) is 9.59 Å². The Morgan fingerprint density at radius 3 is 2.57 bits per heavy atom. The maximum atomic E-state index is 12.5. The van der Waals surface area contributed by atoms with Crippen LogP contribution in [0.1, 0.15) is 6.92 Å². The van der Waals surface area contributed by atoms with Crippen molar-refractivity contribution < 1.29 is 19.1 Å². The van der Waals surface area contributed by atoms with Crippen molar-refractivity contribution in [2.24, 2.45) is 0 Å². The van der Waals surface area contributed by atoms with Crippen LogP contribution < -0.4 is 20.1 Å². The van der Waals surface area contributed by atoms with Gasteiger partial charge in [0.2, 0.25) is 12.0 Å². The Kier molecular flexibility index (Phi) is 4.94. The molecule has 1 aliphatic heterocycles. The van der Waals surface area contributed by atoms with E-state index in [1.807, 2.05) is 29.6 Å². The van der Waals surface area contributed by atoms with E-state index in [0.717, 1.165) is 16.9 Å². The number of carbonyl (C=O) groups is 2. The predicted octanol–water partition coefficient (Wildman–Crippen LogP) is 3.55. The lowest BCUT2D eigenvalue weighted by molar-refractivity contribution is -0.125. The fraction of sp³-hybridized carbons (Fsp3) is 0.150. The number of thiazole rings is 1. The maximum Gasteiger partial charge on any atom is 0.270 e. The van der Waals surface area contributed by atoms with E-state index in [1.54, 1.807) is 24.3 Å². The van der Waals surface area contributed by atoms with Gasteiger partial charge in [-0.1, -0.05) is 24.3 Å². The summed E-state index contributed by atoms with van der Waals surface area (Å²) in [7, 11) is 0. The van der Waals surface area contributed by atoms with E-state index in [-0.39, 0.29) is 18.4 Å². The van der Waals surface area contributed by atoms with E-state index >= 15 is 0 Å². The normalized spacial score (nSPS) is 15.0. The molecule has 0 fully saturated rings. The lowest BCUT2D eigenvalue weighted by Crippen LogP contribution is -2.40. The molecule has 2 amide bonds. The lowest BCUT2D eigenvalue weighted by atomic mass is 10.1.